The van der Waals surface area contributed by atoms with Crippen LogP contribution in [0.2, 0.25) is 0 Å². The molecule has 0 aliphatic heterocycles. The summed E-state index contributed by atoms with van der Waals surface area (Å²) >= 11 is 0. The Labute approximate surface area is 178 Å². The van der Waals surface area contributed by atoms with Crippen molar-refractivity contribution in [2.75, 3.05) is 6.61 Å². The van der Waals surface area contributed by atoms with E-state index in [9.17, 15) is 18.4 Å². The minimum absolute atomic E-state index is 0.0668. The van der Waals surface area contributed by atoms with E-state index in [-0.39, 0.29) is 30.7 Å². The van der Waals surface area contributed by atoms with Gasteiger partial charge in [0.05, 0.1) is 12.3 Å². The first-order valence-corrected chi connectivity index (χ1v) is 9.89. The summed E-state index contributed by atoms with van der Waals surface area (Å²) in [5.74, 6) is -2.63. The number of carbonyl (C=O) groups excluding carboxylic acids is 2. The number of halogens is 2. The van der Waals surface area contributed by atoms with Crippen LogP contribution in [0.4, 0.5) is 8.78 Å². The minimum Gasteiger partial charge on any atom is -0.461 e. The quantitative estimate of drug-likeness (QED) is 0.568. The van der Waals surface area contributed by atoms with Gasteiger partial charge in [0.25, 0.3) is 5.91 Å². The van der Waals surface area contributed by atoms with Crippen molar-refractivity contribution in [2.24, 2.45) is 0 Å². The number of carbonyl (C=O) groups is 2. The standard InChI is InChI=1S/C23H23F2N3O3/c1-4-31-23(30)20-12-21(14(2)3)28(27-20)17-8-6-16(7-9-17)22(29)26-13-15-5-10-18(24)19(25)11-15/h5-12,14H,4,13H2,1-3H3,(H,26,29). The maximum absolute atomic E-state index is 13.3. The van der Waals surface area contributed by atoms with E-state index in [1.165, 1.54) is 6.07 Å². The van der Waals surface area contributed by atoms with Crippen LogP contribution >= 0.6 is 0 Å². The summed E-state index contributed by atoms with van der Waals surface area (Å²) in [5.41, 5.74) is 2.59. The molecule has 1 N–H and O–H groups in total. The fourth-order valence-electron chi connectivity index (χ4n) is 3.01. The molecule has 6 nitrogen and oxygen atoms in total. The number of hydrogen-bond acceptors (Lipinski definition) is 4. The minimum atomic E-state index is -0.960. The van der Waals surface area contributed by atoms with Gasteiger partial charge in [0.1, 0.15) is 0 Å². The molecule has 1 aromatic heterocycles. The van der Waals surface area contributed by atoms with Gasteiger partial charge < -0.3 is 10.1 Å². The van der Waals surface area contributed by atoms with Crippen LogP contribution in [0.5, 0.6) is 0 Å². The van der Waals surface area contributed by atoms with Crippen LogP contribution in [0.15, 0.2) is 48.5 Å². The van der Waals surface area contributed by atoms with Gasteiger partial charge in [0.2, 0.25) is 0 Å². The molecule has 0 saturated carbocycles. The molecule has 0 saturated heterocycles. The third-order valence-corrected chi connectivity index (χ3v) is 4.62. The number of nitrogens with zero attached hydrogens (tertiary/aromatic N) is 2. The van der Waals surface area contributed by atoms with Crippen molar-refractivity contribution in [3.8, 4) is 5.69 Å². The van der Waals surface area contributed by atoms with E-state index >= 15 is 0 Å². The van der Waals surface area contributed by atoms with Gasteiger partial charge in [-0.2, -0.15) is 5.10 Å². The van der Waals surface area contributed by atoms with Crippen LogP contribution in [-0.2, 0) is 11.3 Å². The summed E-state index contributed by atoms with van der Waals surface area (Å²) in [6.07, 6.45) is 0. The van der Waals surface area contributed by atoms with Crippen LogP contribution in [0.1, 0.15) is 58.8 Å². The molecule has 162 valence electrons. The number of benzene rings is 2. The predicted molar refractivity (Wildman–Crippen MR) is 111 cm³/mol. The third kappa shape index (κ3) is 5.14. The Balaban J connectivity index is 1.75. The van der Waals surface area contributed by atoms with E-state index in [2.05, 4.69) is 10.4 Å². The lowest BCUT2D eigenvalue weighted by molar-refractivity contribution is 0.0518. The van der Waals surface area contributed by atoms with Crippen molar-refractivity contribution >= 4 is 11.9 Å². The van der Waals surface area contributed by atoms with Crippen LogP contribution in [0.3, 0.4) is 0 Å². The number of aromatic nitrogens is 2. The zero-order valence-corrected chi connectivity index (χ0v) is 17.5. The second-order valence-electron chi connectivity index (χ2n) is 7.22. The molecule has 3 rings (SSSR count). The molecule has 0 radical (unpaired) electrons. The Morgan fingerprint density at radius 2 is 1.77 bits per heavy atom. The average Bonchev–Trinajstić information content (AvgIpc) is 3.21. The lowest BCUT2D eigenvalue weighted by atomic mass is 10.1. The average molecular weight is 427 g/mol. The maximum atomic E-state index is 13.3. The molecule has 31 heavy (non-hydrogen) atoms. The van der Waals surface area contributed by atoms with E-state index < -0.39 is 17.6 Å². The molecule has 0 unspecified atom stereocenters. The van der Waals surface area contributed by atoms with E-state index in [4.69, 9.17) is 4.74 Å². The molecule has 1 amide bonds. The molecule has 0 spiro atoms. The highest BCUT2D eigenvalue weighted by Gasteiger charge is 2.18. The number of hydrogen-bond donors (Lipinski definition) is 1. The number of esters is 1. The highest BCUT2D eigenvalue weighted by molar-refractivity contribution is 5.94. The zero-order valence-electron chi connectivity index (χ0n) is 17.5. The lowest BCUT2D eigenvalue weighted by Gasteiger charge is -2.11. The summed E-state index contributed by atoms with van der Waals surface area (Å²) in [6.45, 7) is 6.04. The van der Waals surface area contributed by atoms with Gasteiger partial charge in [-0.15, -0.1) is 0 Å². The summed E-state index contributed by atoms with van der Waals surface area (Å²) in [7, 11) is 0. The van der Waals surface area contributed by atoms with Crippen LogP contribution < -0.4 is 5.32 Å². The molecule has 0 bridgehead atoms. The molecule has 0 aliphatic rings. The Morgan fingerprint density at radius 3 is 2.39 bits per heavy atom. The summed E-state index contributed by atoms with van der Waals surface area (Å²) in [6, 6.07) is 11.9. The molecule has 2 aromatic carbocycles. The number of rotatable bonds is 7. The molecule has 3 aromatic rings. The van der Waals surface area contributed by atoms with Crippen LogP contribution in [0, 0.1) is 11.6 Å². The highest BCUT2D eigenvalue weighted by Crippen LogP contribution is 2.21. The van der Waals surface area contributed by atoms with Crippen molar-refractivity contribution in [3.63, 3.8) is 0 Å². The molecule has 0 aliphatic carbocycles. The summed E-state index contributed by atoms with van der Waals surface area (Å²) < 4.78 is 33.0. The smallest absolute Gasteiger partial charge is 0.358 e. The molecule has 0 atom stereocenters. The first kappa shape index (κ1) is 22.1. The number of amides is 1. The molecule has 1 heterocycles. The second kappa shape index (κ2) is 9.51. The number of nitrogens with one attached hydrogen (secondary N) is 1. The van der Waals surface area contributed by atoms with Gasteiger partial charge in [-0.25, -0.2) is 18.3 Å². The van der Waals surface area contributed by atoms with Gasteiger partial charge >= 0.3 is 5.97 Å². The van der Waals surface area contributed by atoms with Crippen molar-refractivity contribution in [3.05, 3.63) is 82.7 Å². The second-order valence-corrected chi connectivity index (χ2v) is 7.22. The van der Waals surface area contributed by atoms with E-state index in [0.717, 1.165) is 17.8 Å². The topological polar surface area (TPSA) is 73.2 Å². The molecular weight excluding hydrogens is 404 g/mol. The normalized spacial score (nSPS) is 10.9. The Bertz CT molecular complexity index is 1090. The lowest BCUT2D eigenvalue weighted by Crippen LogP contribution is -2.22. The van der Waals surface area contributed by atoms with E-state index in [0.29, 0.717) is 16.8 Å². The first-order chi connectivity index (χ1) is 14.8. The fourth-order valence-corrected chi connectivity index (χ4v) is 3.01. The van der Waals surface area contributed by atoms with Gasteiger partial charge in [0.15, 0.2) is 17.3 Å². The van der Waals surface area contributed by atoms with Gasteiger partial charge in [-0.1, -0.05) is 19.9 Å². The maximum Gasteiger partial charge on any atom is 0.358 e. The Morgan fingerprint density at radius 1 is 1.06 bits per heavy atom. The van der Waals surface area contributed by atoms with Crippen molar-refractivity contribution in [2.45, 2.75) is 33.2 Å². The molecule has 8 heteroatoms. The first-order valence-electron chi connectivity index (χ1n) is 9.89. The van der Waals surface area contributed by atoms with Crippen molar-refractivity contribution < 1.29 is 23.1 Å². The van der Waals surface area contributed by atoms with E-state index in [1.54, 1.807) is 41.9 Å². The summed E-state index contributed by atoms with van der Waals surface area (Å²) in [5, 5.41) is 7.03. The van der Waals surface area contributed by atoms with Gasteiger partial charge in [-0.05, 0) is 60.9 Å². The fraction of sp³-hybridized carbons (Fsp3) is 0.261. The van der Waals surface area contributed by atoms with Gasteiger partial charge in [-0.3, -0.25) is 4.79 Å². The SMILES string of the molecule is CCOC(=O)c1cc(C(C)C)n(-c2ccc(C(=O)NCc3ccc(F)c(F)c3)cc2)n1. The molecular formula is C23H23F2N3O3. The summed E-state index contributed by atoms with van der Waals surface area (Å²) in [4.78, 5) is 24.4. The Kier molecular flexibility index (Phi) is 6.79. The van der Waals surface area contributed by atoms with Crippen molar-refractivity contribution in [1.29, 1.82) is 0 Å². The Hall–Kier alpha value is -3.55. The van der Waals surface area contributed by atoms with Crippen LogP contribution in [-0.4, -0.2) is 28.3 Å². The van der Waals surface area contributed by atoms with Crippen molar-refractivity contribution in [1.82, 2.24) is 15.1 Å². The highest BCUT2D eigenvalue weighted by atomic mass is 19.2. The number of ether oxygens (including phenoxy) is 1. The van der Waals surface area contributed by atoms with Gasteiger partial charge in [0, 0.05) is 17.8 Å². The predicted octanol–water partition coefficient (Wildman–Crippen LogP) is 4.38. The van der Waals surface area contributed by atoms with E-state index in [1.807, 2.05) is 13.8 Å². The largest absolute Gasteiger partial charge is 0.461 e. The molecule has 0 fully saturated rings. The third-order valence-electron chi connectivity index (χ3n) is 4.62. The monoisotopic (exact) mass is 427 g/mol. The zero-order chi connectivity index (χ0) is 22.5. The van der Waals surface area contributed by atoms with Crippen LogP contribution in [0.25, 0.3) is 5.69 Å².